The SMILES string of the molecule is CC(c1cc2ccccc2[nH]1)N(Cc1ccc(CNC(=O)c2ccnc(Cl)c2)cc1)C1CCCc2cccnc21. The fourth-order valence-electron chi connectivity index (χ4n) is 5.73. The summed E-state index contributed by atoms with van der Waals surface area (Å²) in [5.74, 6) is -0.171. The second-order valence-corrected chi connectivity index (χ2v) is 10.9. The molecule has 1 aliphatic rings. The smallest absolute Gasteiger partial charge is 0.251 e. The van der Waals surface area contributed by atoms with Crippen molar-refractivity contribution in [3.63, 3.8) is 0 Å². The van der Waals surface area contributed by atoms with Crippen LogP contribution in [0.1, 0.15) is 70.3 Å². The number of halogens is 1. The van der Waals surface area contributed by atoms with Gasteiger partial charge >= 0.3 is 0 Å². The van der Waals surface area contributed by atoms with Crippen molar-refractivity contribution in [2.45, 2.75) is 51.4 Å². The van der Waals surface area contributed by atoms with Gasteiger partial charge in [-0.05, 0) is 78.6 Å². The number of pyridine rings is 2. The Kier molecular flexibility index (Phi) is 7.62. The molecule has 2 aromatic carbocycles. The highest BCUT2D eigenvalue weighted by atomic mass is 35.5. The van der Waals surface area contributed by atoms with E-state index in [-0.39, 0.29) is 18.0 Å². The van der Waals surface area contributed by atoms with Crippen molar-refractivity contribution in [2.24, 2.45) is 0 Å². The molecule has 3 heterocycles. The molecule has 2 atom stereocenters. The molecule has 2 N–H and O–H groups in total. The maximum Gasteiger partial charge on any atom is 0.251 e. The topological polar surface area (TPSA) is 73.9 Å². The fraction of sp³-hybridized carbons (Fsp3) is 0.242. The number of nitrogens with one attached hydrogen (secondary N) is 2. The fourth-order valence-corrected chi connectivity index (χ4v) is 5.90. The van der Waals surface area contributed by atoms with E-state index in [1.54, 1.807) is 12.1 Å². The first-order valence-electron chi connectivity index (χ1n) is 13.8. The zero-order valence-corrected chi connectivity index (χ0v) is 23.2. The second kappa shape index (κ2) is 11.6. The molecule has 0 saturated heterocycles. The third-order valence-electron chi connectivity index (χ3n) is 7.89. The number of benzene rings is 2. The minimum atomic E-state index is -0.171. The Morgan fingerprint density at radius 1 is 1.02 bits per heavy atom. The average Bonchev–Trinajstić information content (AvgIpc) is 3.43. The van der Waals surface area contributed by atoms with Gasteiger partial charge in [0.15, 0.2) is 0 Å². The molecule has 0 spiro atoms. The number of amides is 1. The molecule has 0 aliphatic heterocycles. The Morgan fingerprint density at radius 2 is 1.85 bits per heavy atom. The van der Waals surface area contributed by atoms with E-state index < -0.39 is 0 Å². The molecule has 5 aromatic rings. The van der Waals surface area contributed by atoms with Crippen LogP contribution in [0.4, 0.5) is 0 Å². The summed E-state index contributed by atoms with van der Waals surface area (Å²) < 4.78 is 0. The van der Waals surface area contributed by atoms with Gasteiger partial charge in [0.2, 0.25) is 0 Å². The molecule has 1 aliphatic carbocycles. The van der Waals surface area contributed by atoms with E-state index in [9.17, 15) is 4.79 Å². The summed E-state index contributed by atoms with van der Waals surface area (Å²) in [6.45, 7) is 3.52. The van der Waals surface area contributed by atoms with E-state index in [2.05, 4.69) is 87.8 Å². The van der Waals surface area contributed by atoms with Crippen LogP contribution in [0.2, 0.25) is 5.15 Å². The quantitative estimate of drug-likeness (QED) is 0.201. The van der Waals surface area contributed by atoms with Crippen LogP contribution in [0.5, 0.6) is 0 Å². The van der Waals surface area contributed by atoms with Crippen molar-refractivity contribution >= 4 is 28.4 Å². The van der Waals surface area contributed by atoms with Crippen LogP contribution in [0.25, 0.3) is 10.9 Å². The van der Waals surface area contributed by atoms with Gasteiger partial charge in [-0.2, -0.15) is 0 Å². The van der Waals surface area contributed by atoms with E-state index in [0.717, 1.165) is 36.9 Å². The van der Waals surface area contributed by atoms with Crippen LogP contribution < -0.4 is 5.32 Å². The first-order valence-corrected chi connectivity index (χ1v) is 14.2. The molecule has 1 amide bonds. The highest BCUT2D eigenvalue weighted by Gasteiger charge is 2.31. The largest absolute Gasteiger partial charge is 0.357 e. The lowest BCUT2D eigenvalue weighted by Gasteiger charge is -2.38. The van der Waals surface area contributed by atoms with Crippen LogP contribution in [0.3, 0.4) is 0 Å². The number of aromatic amines is 1. The summed E-state index contributed by atoms with van der Waals surface area (Å²) in [5.41, 5.74) is 7.69. The van der Waals surface area contributed by atoms with Gasteiger partial charge in [-0.1, -0.05) is 60.1 Å². The van der Waals surface area contributed by atoms with E-state index in [1.165, 1.54) is 34.1 Å². The van der Waals surface area contributed by atoms with E-state index >= 15 is 0 Å². The average molecular weight is 550 g/mol. The summed E-state index contributed by atoms with van der Waals surface area (Å²) in [6.07, 6.45) is 6.78. The predicted molar refractivity (Wildman–Crippen MR) is 159 cm³/mol. The molecule has 6 rings (SSSR count). The van der Waals surface area contributed by atoms with Crippen molar-refractivity contribution in [3.05, 3.63) is 130 Å². The van der Waals surface area contributed by atoms with Crippen LogP contribution >= 0.6 is 11.6 Å². The third-order valence-corrected chi connectivity index (χ3v) is 8.10. The highest BCUT2D eigenvalue weighted by molar-refractivity contribution is 6.29. The van der Waals surface area contributed by atoms with E-state index in [0.29, 0.717) is 17.3 Å². The van der Waals surface area contributed by atoms with Crippen molar-refractivity contribution in [2.75, 3.05) is 0 Å². The number of carbonyl (C=O) groups is 1. The van der Waals surface area contributed by atoms with Gasteiger partial charge in [-0.15, -0.1) is 0 Å². The first-order chi connectivity index (χ1) is 19.5. The molecule has 0 saturated carbocycles. The molecule has 7 heteroatoms. The van der Waals surface area contributed by atoms with Crippen LogP contribution in [-0.2, 0) is 19.5 Å². The Hall–Kier alpha value is -4.00. The molecular formula is C33H32ClN5O. The van der Waals surface area contributed by atoms with Crippen LogP contribution in [-0.4, -0.2) is 25.8 Å². The zero-order chi connectivity index (χ0) is 27.5. The molecule has 0 radical (unpaired) electrons. The van der Waals surface area contributed by atoms with Gasteiger partial charge in [0.25, 0.3) is 5.91 Å². The molecule has 0 fully saturated rings. The van der Waals surface area contributed by atoms with E-state index in [1.807, 2.05) is 12.3 Å². The summed E-state index contributed by atoms with van der Waals surface area (Å²) in [6, 6.07) is 27.1. The Balaban J connectivity index is 1.23. The summed E-state index contributed by atoms with van der Waals surface area (Å²) in [7, 11) is 0. The normalized spacial score (nSPS) is 15.6. The monoisotopic (exact) mass is 549 g/mol. The minimum Gasteiger partial charge on any atom is -0.357 e. The maximum atomic E-state index is 12.5. The third kappa shape index (κ3) is 5.64. The lowest BCUT2D eigenvalue weighted by atomic mass is 9.89. The summed E-state index contributed by atoms with van der Waals surface area (Å²) in [4.78, 5) is 27.6. The number of hydrogen-bond acceptors (Lipinski definition) is 4. The summed E-state index contributed by atoms with van der Waals surface area (Å²) >= 11 is 5.93. The number of para-hydroxylation sites is 1. The molecule has 40 heavy (non-hydrogen) atoms. The molecule has 2 unspecified atom stereocenters. The Bertz CT molecular complexity index is 1600. The minimum absolute atomic E-state index is 0.163. The highest BCUT2D eigenvalue weighted by Crippen LogP contribution is 2.39. The van der Waals surface area contributed by atoms with Gasteiger partial charge in [0, 0.05) is 48.3 Å². The van der Waals surface area contributed by atoms with Gasteiger partial charge in [-0.3, -0.25) is 14.7 Å². The van der Waals surface area contributed by atoms with Crippen molar-refractivity contribution in [3.8, 4) is 0 Å². The summed E-state index contributed by atoms with van der Waals surface area (Å²) in [5, 5.41) is 4.50. The van der Waals surface area contributed by atoms with Crippen molar-refractivity contribution < 1.29 is 4.79 Å². The van der Waals surface area contributed by atoms with Crippen molar-refractivity contribution in [1.29, 1.82) is 0 Å². The second-order valence-electron chi connectivity index (χ2n) is 10.5. The van der Waals surface area contributed by atoms with Gasteiger partial charge < -0.3 is 10.3 Å². The predicted octanol–water partition coefficient (Wildman–Crippen LogP) is 7.18. The maximum absolute atomic E-state index is 12.5. The first kappa shape index (κ1) is 26.2. The Morgan fingerprint density at radius 3 is 2.67 bits per heavy atom. The number of aryl methyl sites for hydroxylation is 1. The number of H-pyrrole nitrogens is 1. The Labute approximate surface area is 239 Å². The molecule has 0 bridgehead atoms. The number of nitrogens with zero attached hydrogens (tertiary/aromatic N) is 3. The number of fused-ring (bicyclic) bond motifs is 2. The van der Waals surface area contributed by atoms with Gasteiger partial charge in [-0.25, -0.2) is 4.98 Å². The van der Waals surface area contributed by atoms with Gasteiger partial charge in [0.1, 0.15) is 5.15 Å². The number of rotatable bonds is 8. The standard InChI is InChI=1S/C33H32ClN5O/c1-22(29-18-26-6-2-3-9-28(26)38-29)39(30-10-4-7-25-8-5-16-36-32(25)30)21-24-13-11-23(12-14-24)20-37-33(40)27-15-17-35-31(34)19-27/h2-3,5-6,8-9,11-19,22,30,38H,4,7,10,20-21H2,1H3,(H,37,40). The molecule has 202 valence electrons. The molecule has 3 aromatic heterocycles. The van der Waals surface area contributed by atoms with Crippen LogP contribution in [0, 0.1) is 0 Å². The number of aromatic nitrogens is 3. The zero-order valence-electron chi connectivity index (χ0n) is 22.5. The number of hydrogen-bond donors (Lipinski definition) is 2. The van der Waals surface area contributed by atoms with Crippen molar-refractivity contribution in [1.82, 2.24) is 25.2 Å². The molecule has 6 nitrogen and oxygen atoms in total. The van der Waals surface area contributed by atoms with E-state index in [4.69, 9.17) is 16.6 Å². The lowest BCUT2D eigenvalue weighted by Crippen LogP contribution is -2.34. The number of carbonyl (C=O) groups excluding carboxylic acids is 1. The lowest BCUT2D eigenvalue weighted by molar-refractivity contribution is 0.0950. The van der Waals surface area contributed by atoms with Gasteiger partial charge in [0.05, 0.1) is 11.7 Å². The van der Waals surface area contributed by atoms with Crippen LogP contribution in [0.15, 0.2) is 91.3 Å². The molecular weight excluding hydrogens is 518 g/mol.